The van der Waals surface area contributed by atoms with Gasteiger partial charge >= 0.3 is 5.97 Å². The van der Waals surface area contributed by atoms with Gasteiger partial charge in [-0.05, 0) is 36.0 Å². The first-order valence-electron chi connectivity index (χ1n) is 5.82. The maximum Gasteiger partial charge on any atom is 0.323 e. The van der Waals surface area contributed by atoms with E-state index in [0.717, 1.165) is 12.0 Å². The maximum absolute atomic E-state index is 11.2. The standard InChI is InChI=1S/C13H15NO2/c14-11-7-12(16-13(11)15)10-5-4-8-2-1-3-9(8)6-10/h4-6,11-12H,1-3,7,14H2. The average Bonchev–Trinajstić information content (AvgIpc) is 2.85. The van der Waals surface area contributed by atoms with E-state index in [1.54, 1.807) is 0 Å². The van der Waals surface area contributed by atoms with Crippen LogP contribution in [0.3, 0.4) is 0 Å². The molecule has 0 spiro atoms. The number of rotatable bonds is 1. The van der Waals surface area contributed by atoms with Crippen LogP contribution in [-0.4, -0.2) is 12.0 Å². The molecule has 0 saturated carbocycles. The minimum atomic E-state index is -0.446. The van der Waals surface area contributed by atoms with Crippen molar-refractivity contribution in [3.63, 3.8) is 0 Å². The molecule has 1 fully saturated rings. The van der Waals surface area contributed by atoms with Gasteiger partial charge < -0.3 is 10.5 Å². The van der Waals surface area contributed by atoms with E-state index in [0.29, 0.717) is 6.42 Å². The van der Waals surface area contributed by atoms with Gasteiger partial charge in [-0.2, -0.15) is 0 Å². The fourth-order valence-corrected chi connectivity index (χ4v) is 2.60. The highest BCUT2D eigenvalue weighted by Crippen LogP contribution is 2.32. The zero-order chi connectivity index (χ0) is 11.1. The van der Waals surface area contributed by atoms with Gasteiger partial charge in [-0.25, -0.2) is 0 Å². The van der Waals surface area contributed by atoms with E-state index in [1.807, 2.05) is 0 Å². The van der Waals surface area contributed by atoms with E-state index in [2.05, 4.69) is 18.2 Å². The second-order valence-electron chi connectivity index (χ2n) is 4.65. The molecule has 3 rings (SSSR count). The Morgan fingerprint density at radius 3 is 2.81 bits per heavy atom. The SMILES string of the molecule is NC1CC(c2ccc3c(c2)CCC3)OC1=O. The van der Waals surface area contributed by atoms with Gasteiger partial charge in [-0.3, -0.25) is 4.79 Å². The summed E-state index contributed by atoms with van der Waals surface area (Å²) in [5, 5.41) is 0. The van der Waals surface area contributed by atoms with E-state index < -0.39 is 6.04 Å². The van der Waals surface area contributed by atoms with Crippen molar-refractivity contribution in [2.45, 2.75) is 37.8 Å². The minimum absolute atomic E-state index is 0.131. The Balaban J connectivity index is 1.88. The number of nitrogens with two attached hydrogens (primary N) is 1. The molecule has 2 unspecified atom stereocenters. The Bertz CT molecular complexity index is 442. The molecule has 1 aliphatic carbocycles. The first kappa shape index (κ1) is 9.85. The summed E-state index contributed by atoms with van der Waals surface area (Å²) in [4.78, 5) is 11.2. The average molecular weight is 217 g/mol. The van der Waals surface area contributed by atoms with Crippen LogP contribution in [-0.2, 0) is 22.4 Å². The fourth-order valence-electron chi connectivity index (χ4n) is 2.60. The molecule has 0 amide bonds. The molecule has 2 atom stereocenters. The molecule has 84 valence electrons. The summed E-state index contributed by atoms with van der Waals surface area (Å²) in [5.41, 5.74) is 9.60. The smallest absolute Gasteiger partial charge is 0.323 e. The quantitative estimate of drug-likeness (QED) is 0.725. The third-order valence-electron chi connectivity index (χ3n) is 3.52. The van der Waals surface area contributed by atoms with Crippen LogP contribution in [0, 0.1) is 0 Å². The predicted octanol–water partition coefficient (Wildman–Crippen LogP) is 1.49. The first-order valence-corrected chi connectivity index (χ1v) is 5.82. The van der Waals surface area contributed by atoms with Crippen LogP contribution in [0.5, 0.6) is 0 Å². The molecule has 1 aromatic rings. The zero-order valence-electron chi connectivity index (χ0n) is 9.11. The number of aryl methyl sites for hydroxylation is 2. The summed E-state index contributed by atoms with van der Waals surface area (Å²) in [5.74, 6) is -0.273. The minimum Gasteiger partial charge on any atom is -0.456 e. The number of hydrogen-bond donors (Lipinski definition) is 1. The topological polar surface area (TPSA) is 52.3 Å². The Morgan fingerprint density at radius 1 is 1.25 bits per heavy atom. The lowest BCUT2D eigenvalue weighted by Gasteiger charge is -2.10. The van der Waals surface area contributed by atoms with Crippen molar-refractivity contribution in [2.75, 3.05) is 0 Å². The summed E-state index contributed by atoms with van der Waals surface area (Å²) in [7, 11) is 0. The molecular formula is C13H15NO2. The zero-order valence-corrected chi connectivity index (χ0v) is 9.11. The van der Waals surface area contributed by atoms with Gasteiger partial charge in [0.25, 0.3) is 0 Å². The van der Waals surface area contributed by atoms with Gasteiger partial charge in [-0.15, -0.1) is 0 Å². The van der Waals surface area contributed by atoms with E-state index in [9.17, 15) is 4.79 Å². The summed E-state index contributed by atoms with van der Waals surface area (Å²) >= 11 is 0. The number of carbonyl (C=O) groups excluding carboxylic acids is 1. The largest absolute Gasteiger partial charge is 0.456 e. The second-order valence-corrected chi connectivity index (χ2v) is 4.65. The Kier molecular flexibility index (Phi) is 2.21. The number of carbonyl (C=O) groups is 1. The van der Waals surface area contributed by atoms with Crippen LogP contribution in [0.15, 0.2) is 18.2 Å². The van der Waals surface area contributed by atoms with Crippen LogP contribution in [0.4, 0.5) is 0 Å². The van der Waals surface area contributed by atoms with Crippen molar-refractivity contribution >= 4 is 5.97 Å². The molecule has 16 heavy (non-hydrogen) atoms. The lowest BCUT2D eigenvalue weighted by molar-refractivity contribution is -0.142. The number of cyclic esters (lactones) is 1. The number of benzene rings is 1. The van der Waals surface area contributed by atoms with E-state index >= 15 is 0 Å². The summed E-state index contributed by atoms with van der Waals surface area (Å²) in [6.45, 7) is 0. The number of fused-ring (bicyclic) bond motifs is 1. The van der Waals surface area contributed by atoms with E-state index in [1.165, 1.54) is 24.0 Å². The monoisotopic (exact) mass is 217 g/mol. The van der Waals surface area contributed by atoms with Crippen molar-refractivity contribution in [2.24, 2.45) is 5.73 Å². The molecule has 0 aromatic heterocycles. The highest BCUT2D eigenvalue weighted by molar-refractivity contribution is 5.77. The molecule has 2 N–H and O–H groups in total. The van der Waals surface area contributed by atoms with Crippen molar-refractivity contribution < 1.29 is 9.53 Å². The van der Waals surface area contributed by atoms with Crippen molar-refractivity contribution in [1.82, 2.24) is 0 Å². The molecule has 1 heterocycles. The van der Waals surface area contributed by atoms with Gasteiger partial charge in [0.1, 0.15) is 12.1 Å². The summed E-state index contributed by atoms with van der Waals surface area (Å²) in [6.07, 6.45) is 4.05. The number of esters is 1. The van der Waals surface area contributed by atoms with Crippen LogP contribution >= 0.6 is 0 Å². The number of ether oxygens (including phenoxy) is 1. The lowest BCUT2D eigenvalue weighted by atomic mass is 10.0. The molecule has 0 bridgehead atoms. The fraction of sp³-hybridized carbons (Fsp3) is 0.462. The second kappa shape index (κ2) is 3.59. The predicted molar refractivity (Wildman–Crippen MR) is 59.9 cm³/mol. The molecule has 0 radical (unpaired) electrons. The Morgan fingerprint density at radius 2 is 2.06 bits per heavy atom. The van der Waals surface area contributed by atoms with Crippen molar-refractivity contribution in [3.05, 3.63) is 34.9 Å². The molecule has 3 nitrogen and oxygen atoms in total. The van der Waals surface area contributed by atoms with Gasteiger partial charge in [0.15, 0.2) is 0 Å². The Labute approximate surface area is 94.6 Å². The van der Waals surface area contributed by atoms with Gasteiger partial charge in [0.2, 0.25) is 0 Å². The highest BCUT2D eigenvalue weighted by Gasteiger charge is 2.32. The van der Waals surface area contributed by atoms with Crippen LogP contribution in [0.25, 0.3) is 0 Å². The normalized spacial score (nSPS) is 27.9. The van der Waals surface area contributed by atoms with Crippen LogP contribution < -0.4 is 5.73 Å². The lowest BCUT2D eigenvalue weighted by Crippen LogP contribution is -2.24. The summed E-state index contributed by atoms with van der Waals surface area (Å²) in [6, 6.07) is 5.96. The maximum atomic E-state index is 11.2. The van der Waals surface area contributed by atoms with Crippen molar-refractivity contribution in [1.29, 1.82) is 0 Å². The molecule has 1 saturated heterocycles. The highest BCUT2D eigenvalue weighted by atomic mass is 16.6. The Hall–Kier alpha value is -1.35. The van der Waals surface area contributed by atoms with Gasteiger partial charge in [0, 0.05) is 6.42 Å². The number of hydrogen-bond acceptors (Lipinski definition) is 3. The molecular weight excluding hydrogens is 202 g/mol. The van der Waals surface area contributed by atoms with E-state index in [4.69, 9.17) is 10.5 Å². The molecule has 1 aliphatic heterocycles. The van der Waals surface area contributed by atoms with Crippen LogP contribution in [0.1, 0.15) is 35.6 Å². The van der Waals surface area contributed by atoms with Crippen molar-refractivity contribution in [3.8, 4) is 0 Å². The molecule has 1 aromatic carbocycles. The van der Waals surface area contributed by atoms with Crippen LogP contribution in [0.2, 0.25) is 0 Å². The first-order chi connectivity index (χ1) is 7.74. The van der Waals surface area contributed by atoms with Gasteiger partial charge in [0.05, 0.1) is 0 Å². The summed E-state index contributed by atoms with van der Waals surface area (Å²) < 4.78 is 5.26. The third kappa shape index (κ3) is 1.52. The third-order valence-corrected chi connectivity index (χ3v) is 3.52. The molecule has 3 heteroatoms. The van der Waals surface area contributed by atoms with Gasteiger partial charge in [-0.1, -0.05) is 18.2 Å². The molecule has 2 aliphatic rings. The van der Waals surface area contributed by atoms with E-state index in [-0.39, 0.29) is 12.1 Å².